The van der Waals surface area contributed by atoms with E-state index in [4.69, 9.17) is 2.74 Å². The molecule has 0 fully saturated rings. The molecule has 0 unspecified atom stereocenters. The molecule has 0 amide bonds. The van der Waals surface area contributed by atoms with Crippen LogP contribution in [0.4, 0.5) is 42.9 Å². The summed E-state index contributed by atoms with van der Waals surface area (Å²) in [6.07, 6.45) is 0. The average molecular weight is 1180 g/mol. The SMILES string of the molecule is [2H]c1c([2H])c([2H])c(N(c2c(F)ccc(-c3ccc([Si](C)(C)C)cc3)c2-c2ccc([Si](C)(C)C)cc2)c2ccc3ccc4c(N(c5c([2H])c([2H])c([2H])c([2H])c5[2H])c5c(F)ccc(-c6ccc([Si](C)(C)C)cc6)c5-c5ccc([Si](C)(C)C)cc5)ccc5ccc2c3c54)c([2H])c1[2H]. The molecule has 84 heavy (non-hydrogen) atoms. The maximum Gasteiger partial charge on any atom is 0.147 e. The molecule has 12 rings (SSSR count). The molecule has 0 atom stereocenters. The molecule has 0 aromatic heterocycles. The number of rotatable bonds is 14. The quantitative estimate of drug-likeness (QED) is 0.0791. The van der Waals surface area contributed by atoms with Gasteiger partial charge in [-0.2, -0.15) is 0 Å². The molecule has 0 heterocycles. The molecule has 12 aromatic rings. The van der Waals surface area contributed by atoms with Crippen molar-refractivity contribution >= 4 is 119 Å². The number of hydrogen-bond acceptors (Lipinski definition) is 2. The van der Waals surface area contributed by atoms with E-state index in [1.54, 1.807) is 24.3 Å². The summed E-state index contributed by atoms with van der Waals surface area (Å²) in [4.78, 5) is 2.97. The number of nitrogens with zero attached hydrogens (tertiary/aromatic N) is 2. The average Bonchev–Trinajstić information content (AvgIpc) is 0.711. The second-order valence-electron chi connectivity index (χ2n) is 26.2. The molecule has 0 aliphatic rings. The largest absolute Gasteiger partial charge is 0.307 e. The van der Waals surface area contributed by atoms with E-state index in [1.165, 1.54) is 42.7 Å². The first-order valence-corrected chi connectivity index (χ1v) is 42.7. The Balaban J connectivity index is 1.20. The van der Waals surface area contributed by atoms with Gasteiger partial charge >= 0.3 is 0 Å². The first kappa shape index (κ1) is 45.4. The molecule has 0 aliphatic carbocycles. The summed E-state index contributed by atoms with van der Waals surface area (Å²) in [6.45, 7) is 27.1. The summed E-state index contributed by atoms with van der Waals surface area (Å²) < 4.78 is 130. The highest BCUT2D eigenvalue weighted by Crippen LogP contribution is 2.53. The highest BCUT2D eigenvalue weighted by molar-refractivity contribution is 6.90. The maximum absolute atomic E-state index is 18.4. The van der Waals surface area contributed by atoms with E-state index in [9.17, 15) is 11.0 Å². The van der Waals surface area contributed by atoms with Gasteiger partial charge in [0.2, 0.25) is 0 Å². The number of anilines is 6. The zero-order valence-electron chi connectivity index (χ0n) is 59.8. The highest BCUT2D eigenvalue weighted by atomic mass is 28.3. The lowest BCUT2D eigenvalue weighted by Crippen LogP contribution is -2.37. The molecular formula is C76H74F2N2Si4. The minimum Gasteiger partial charge on any atom is -0.307 e. The van der Waals surface area contributed by atoms with Crippen LogP contribution in [-0.2, 0) is 0 Å². The molecule has 0 spiro atoms. The molecule has 0 N–H and O–H groups in total. The molecule has 8 heteroatoms. The van der Waals surface area contributed by atoms with Gasteiger partial charge in [0, 0.05) is 33.3 Å². The van der Waals surface area contributed by atoms with Crippen LogP contribution in [0, 0.1) is 11.6 Å². The van der Waals surface area contributed by atoms with Gasteiger partial charge in [-0.1, -0.05) is 281 Å². The second-order valence-corrected chi connectivity index (χ2v) is 46.5. The van der Waals surface area contributed by atoms with Crippen molar-refractivity contribution in [2.24, 2.45) is 0 Å². The summed E-state index contributed by atoms with van der Waals surface area (Å²) in [6, 6.07) is 48.1. The third kappa shape index (κ3) is 10.5. The lowest BCUT2D eigenvalue weighted by Gasteiger charge is -2.32. The van der Waals surface area contributed by atoms with E-state index < -0.39 is 104 Å². The van der Waals surface area contributed by atoms with Gasteiger partial charge in [0.05, 0.1) is 68.8 Å². The topological polar surface area (TPSA) is 6.48 Å². The summed E-state index contributed by atoms with van der Waals surface area (Å²) in [5, 5.41) is 8.44. The highest BCUT2D eigenvalue weighted by Gasteiger charge is 2.31. The standard InChI is InChI=1S/C76H74F2N2Si4/c1-81(2,3)59-35-23-51(24-36-59)63-45-47-67(77)75(73(63)55-27-39-61(40-28-55)83(7,8)9)79(57-19-15-13-16-20-57)69-49-33-53-32-44-66-70(50-34-54-31-43-65(69)71(53)72(54)66)80(58-21-17-14-18-22-58)76-68(78)48-46-64(52-25-37-60(38-26-52)82(4,5)6)74(76)56-29-41-62(42-30-56)84(10,11)12/h13-50H,1-12H3/i13D,14D,15D,16D,17D,18D,19D,20D,21D,22D. The molecule has 0 radical (unpaired) electrons. The van der Waals surface area contributed by atoms with Crippen molar-refractivity contribution in [3.63, 3.8) is 0 Å². The van der Waals surface area contributed by atoms with E-state index in [0.717, 1.165) is 11.1 Å². The van der Waals surface area contributed by atoms with E-state index in [1.807, 2.05) is 84.9 Å². The molecule has 0 saturated carbocycles. The Kier molecular flexibility index (Phi) is 11.7. The zero-order valence-corrected chi connectivity index (χ0v) is 53.8. The van der Waals surface area contributed by atoms with Crippen molar-refractivity contribution in [2.45, 2.75) is 78.6 Å². The first-order valence-electron chi connectivity index (χ1n) is 33.7. The van der Waals surface area contributed by atoms with E-state index in [-0.39, 0.29) is 34.1 Å². The normalized spacial score (nSPS) is 14.1. The van der Waals surface area contributed by atoms with Crippen molar-refractivity contribution in [1.82, 2.24) is 0 Å². The Bertz CT molecular complexity index is 4650. The van der Waals surface area contributed by atoms with Crippen LogP contribution < -0.4 is 30.5 Å². The summed E-state index contributed by atoms with van der Waals surface area (Å²) in [5.74, 6) is -1.44. The lowest BCUT2D eigenvalue weighted by molar-refractivity contribution is 0.629. The Morgan fingerprint density at radius 2 is 0.595 bits per heavy atom. The van der Waals surface area contributed by atoms with E-state index in [2.05, 4.69) is 127 Å². The summed E-state index contributed by atoms with van der Waals surface area (Å²) >= 11 is 0. The molecule has 2 nitrogen and oxygen atoms in total. The van der Waals surface area contributed by atoms with Crippen LogP contribution >= 0.6 is 0 Å². The Labute approximate surface area is 514 Å². The number of halogens is 2. The summed E-state index contributed by atoms with van der Waals surface area (Å²) in [5.41, 5.74) is 4.90. The van der Waals surface area contributed by atoms with Crippen molar-refractivity contribution in [2.75, 3.05) is 9.80 Å². The molecule has 0 saturated heterocycles. The lowest BCUT2D eigenvalue weighted by atomic mass is 9.89. The van der Waals surface area contributed by atoms with Crippen LogP contribution in [0.25, 0.3) is 76.8 Å². The predicted molar refractivity (Wildman–Crippen MR) is 373 cm³/mol. The zero-order chi connectivity index (χ0) is 67.7. The monoisotopic (exact) mass is 1170 g/mol. The van der Waals surface area contributed by atoms with Gasteiger partial charge in [-0.15, -0.1) is 0 Å². The molecule has 418 valence electrons. The van der Waals surface area contributed by atoms with Crippen LogP contribution in [-0.4, -0.2) is 32.3 Å². The third-order valence-electron chi connectivity index (χ3n) is 16.4. The number of hydrogen-bond donors (Lipinski definition) is 0. The molecule has 0 bridgehead atoms. The number of para-hydroxylation sites is 2. The van der Waals surface area contributed by atoms with Crippen molar-refractivity contribution in [3.8, 4) is 44.5 Å². The smallest absolute Gasteiger partial charge is 0.147 e. The van der Waals surface area contributed by atoms with E-state index in [0.29, 0.717) is 65.7 Å². The van der Waals surface area contributed by atoms with Crippen LogP contribution in [0.3, 0.4) is 0 Å². The maximum atomic E-state index is 18.4. The van der Waals surface area contributed by atoms with Crippen LogP contribution in [0.2, 0.25) is 78.6 Å². The fourth-order valence-corrected chi connectivity index (χ4v) is 16.5. The Morgan fingerprint density at radius 3 is 0.893 bits per heavy atom. The Hall–Kier alpha value is -7.99. The van der Waals surface area contributed by atoms with Crippen molar-refractivity contribution < 1.29 is 22.5 Å². The second kappa shape index (κ2) is 21.6. The van der Waals surface area contributed by atoms with Crippen LogP contribution in [0.5, 0.6) is 0 Å². The fraction of sp³-hybridized carbons (Fsp3) is 0.158. The molecule has 12 aromatic carbocycles. The van der Waals surface area contributed by atoms with Gasteiger partial charge < -0.3 is 9.80 Å². The minimum atomic E-state index is -1.87. The van der Waals surface area contributed by atoms with Crippen molar-refractivity contribution in [3.05, 3.63) is 242 Å². The van der Waals surface area contributed by atoms with Gasteiger partial charge in [-0.3, -0.25) is 0 Å². The summed E-state index contributed by atoms with van der Waals surface area (Å²) in [7, 11) is -7.32. The van der Waals surface area contributed by atoms with E-state index >= 15 is 8.78 Å². The fourth-order valence-electron chi connectivity index (χ4n) is 11.8. The minimum absolute atomic E-state index is 0.0509. The van der Waals surface area contributed by atoms with Gasteiger partial charge in [-0.25, -0.2) is 8.78 Å². The third-order valence-corrected chi connectivity index (χ3v) is 24.7. The van der Waals surface area contributed by atoms with Gasteiger partial charge in [0.15, 0.2) is 0 Å². The first-order chi connectivity index (χ1) is 44.2. The molecule has 0 aliphatic heterocycles. The Morgan fingerprint density at radius 1 is 0.310 bits per heavy atom. The van der Waals surface area contributed by atoms with Crippen molar-refractivity contribution in [1.29, 1.82) is 0 Å². The predicted octanol–water partition coefficient (Wildman–Crippen LogP) is 20.7. The number of benzene rings is 12. The van der Waals surface area contributed by atoms with Gasteiger partial charge in [0.1, 0.15) is 11.6 Å². The van der Waals surface area contributed by atoms with Crippen LogP contribution in [0.1, 0.15) is 13.7 Å². The van der Waals surface area contributed by atoms with Gasteiger partial charge in [0.25, 0.3) is 0 Å². The van der Waals surface area contributed by atoms with Gasteiger partial charge in [-0.05, 0) is 103 Å². The molecular weight excluding hydrogens is 1090 g/mol. The van der Waals surface area contributed by atoms with Crippen LogP contribution in [0.15, 0.2) is 230 Å².